The summed E-state index contributed by atoms with van der Waals surface area (Å²) in [5.74, 6) is 0. The number of benzene rings is 1. The van der Waals surface area contributed by atoms with Crippen molar-refractivity contribution in [2.24, 2.45) is 5.73 Å². The van der Waals surface area contributed by atoms with E-state index in [-0.39, 0.29) is 12.4 Å². The van der Waals surface area contributed by atoms with E-state index in [9.17, 15) is 0 Å². The fraction of sp³-hybridized carbons (Fsp3) is 0.312. The van der Waals surface area contributed by atoms with Crippen molar-refractivity contribution in [1.82, 2.24) is 9.88 Å². The predicted molar refractivity (Wildman–Crippen MR) is 86.0 cm³/mol. The summed E-state index contributed by atoms with van der Waals surface area (Å²) in [4.78, 5) is 6.44. The van der Waals surface area contributed by atoms with Gasteiger partial charge in [0.1, 0.15) is 0 Å². The monoisotopic (exact) mass is 291 g/mol. The maximum atomic E-state index is 5.70. The third kappa shape index (κ3) is 5.70. The molecule has 0 atom stereocenters. The topological polar surface area (TPSA) is 42.1 Å². The first-order chi connectivity index (χ1) is 9.38. The van der Waals surface area contributed by atoms with E-state index in [2.05, 4.69) is 52.3 Å². The lowest BCUT2D eigenvalue weighted by atomic mass is 10.1. The Labute approximate surface area is 127 Å². The average Bonchev–Trinajstić information content (AvgIpc) is 2.47. The van der Waals surface area contributed by atoms with Crippen molar-refractivity contribution in [3.8, 4) is 0 Å². The van der Waals surface area contributed by atoms with E-state index in [1.807, 2.05) is 12.4 Å². The second kappa shape index (κ2) is 9.48. The molecule has 0 aliphatic rings. The summed E-state index contributed by atoms with van der Waals surface area (Å²) < 4.78 is 0. The van der Waals surface area contributed by atoms with Crippen LogP contribution in [0.15, 0.2) is 54.9 Å². The van der Waals surface area contributed by atoms with Crippen LogP contribution in [0.25, 0.3) is 0 Å². The first-order valence-electron chi connectivity index (χ1n) is 6.74. The predicted octanol–water partition coefficient (Wildman–Crippen LogP) is 2.51. The first-order valence-corrected chi connectivity index (χ1v) is 6.74. The third-order valence-corrected chi connectivity index (χ3v) is 3.16. The summed E-state index contributed by atoms with van der Waals surface area (Å²) in [6.45, 7) is 3.59. The summed E-state index contributed by atoms with van der Waals surface area (Å²) in [5.41, 5.74) is 8.36. The van der Waals surface area contributed by atoms with E-state index in [0.717, 1.165) is 26.1 Å². The smallest absolute Gasteiger partial charge is 0.0271 e. The van der Waals surface area contributed by atoms with Crippen molar-refractivity contribution in [3.05, 3.63) is 66.0 Å². The Morgan fingerprint density at radius 2 is 1.60 bits per heavy atom. The van der Waals surface area contributed by atoms with E-state index in [4.69, 9.17) is 5.73 Å². The lowest BCUT2D eigenvalue weighted by Crippen LogP contribution is -2.31. The lowest BCUT2D eigenvalue weighted by molar-refractivity contribution is 0.276. The van der Waals surface area contributed by atoms with Crippen LogP contribution >= 0.6 is 12.4 Å². The fourth-order valence-corrected chi connectivity index (χ4v) is 2.13. The van der Waals surface area contributed by atoms with Gasteiger partial charge in [-0.05, 0) is 29.7 Å². The van der Waals surface area contributed by atoms with Gasteiger partial charge in [-0.1, -0.05) is 30.3 Å². The van der Waals surface area contributed by atoms with Crippen LogP contribution in [-0.4, -0.2) is 29.5 Å². The molecule has 1 aromatic heterocycles. The SMILES string of the molecule is Cl.NCCN(CCc1ccccc1)Cc1ccncc1. The molecule has 108 valence electrons. The average molecular weight is 292 g/mol. The van der Waals surface area contributed by atoms with Gasteiger partial charge in [-0.15, -0.1) is 12.4 Å². The Hall–Kier alpha value is -1.42. The van der Waals surface area contributed by atoms with E-state index in [1.165, 1.54) is 11.1 Å². The number of halogens is 1. The highest BCUT2D eigenvalue weighted by Crippen LogP contribution is 2.06. The molecule has 0 aliphatic heterocycles. The minimum Gasteiger partial charge on any atom is -0.329 e. The summed E-state index contributed by atoms with van der Waals surface area (Å²) >= 11 is 0. The molecule has 0 fully saturated rings. The molecule has 0 aliphatic carbocycles. The van der Waals surface area contributed by atoms with Gasteiger partial charge in [0.25, 0.3) is 0 Å². The molecular weight excluding hydrogens is 270 g/mol. The molecule has 20 heavy (non-hydrogen) atoms. The Bertz CT molecular complexity index is 462. The molecule has 2 rings (SSSR count). The quantitative estimate of drug-likeness (QED) is 0.852. The minimum absolute atomic E-state index is 0. The number of nitrogens with two attached hydrogens (primary N) is 1. The minimum atomic E-state index is 0. The van der Waals surface area contributed by atoms with Gasteiger partial charge in [0, 0.05) is 38.6 Å². The van der Waals surface area contributed by atoms with Crippen molar-refractivity contribution < 1.29 is 0 Å². The molecule has 0 saturated carbocycles. The van der Waals surface area contributed by atoms with Gasteiger partial charge in [-0.25, -0.2) is 0 Å². The maximum absolute atomic E-state index is 5.70. The highest BCUT2D eigenvalue weighted by molar-refractivity contribution is 5.85. The van der Waals surface area contributed by atoms with Crippen molar-refractivity contribution >= 4 is 12.4 Å². The molecule has 0 saturated heterocycles. The molecule has 1 aromatic carbocycles. The van der Waals surface area contributed by atoms with Crippen LogP contribution in [0.3, 0.4) is 0 Å². The largest absolute Gasteiger partial charge is 0.329 e. The molecule has 0 bridgehead atoms. The van der Waals surface area contributed by atoms with Crippen LogP contribution in [0, 0.1) is 0 Å². The lowest BCUT2D eigenvalue weighted by Gasteiger charge is -2.21. The first kappa shape index (κ1) is 16.6. The maximum Gasteiger partial charge on any atom is 0.0271 e. The number of nitrogens with zero attached hydrogens (tertiary/aromatic N) is 2. The van der Waals surface area contributed by atoms with Gasteiger partial charge in [-0.2, -0.15) is 0 Å². The zero-order valence-corrected chi connectivity index (χ0v) is 12.4. The van der Waals surface area contributed by atoms with Gasteiger partial charge in [0.05, 0.1) is 0 Å². The van der Waals surface area contributed by atoms with Crippen LogP contribution in [-0.2, 0) is 13.0 Å². The van der Waals surface area contributed by atoms with Gasteiger partial charge < -0.3 is 5.73 Å². The Morgan fingerprint density at radius 3 is 2.25 bits per heavy atom. The molecule has 2 aromatic rings. The standard InChI is InChI=1S/C16H21N3.ClH/c17-9-13-19(14-16-6-10-18-11-7-16)12-8-15-4-2-1-3-5-15;/h1-7,10-11H,8-9,12-14,17H2;1H. The highest BCUT2D eigenvalue weighted by atomic mass is 35.5. The zero-order valence-electron chi connectivity index (χ0n) is 11.6. The van der Waals surface area contributed by atoms with Gasteiger partial charge >= 0.3 is 0 Å². The second-order valence-corrected chi connectivity index (χ2v) is 4.66. The number of rotatable bonds is 7. The van der Waals surface area contributed by atoms with Crippen LogP contribution in [0.2, 0.25) is 0 Å². The van der Waals surface area contributed by atoms with E-state index < -0.39 is 0 Å². The molecule has 0 amide bonds. The van der Waals surface area contributed by atoms with Crippen molar-refractivity contribution in [1.29, 1.82) is 0 Å². The Balaban J connectivity index is 0.00000200. The number of pyridine rings is 1. The van der Waals surface area contributed by atoms with Crippen LogP contribution in [0.4, 0.5) is 0 Å². The van der Waals surface area contributed by atoms with E-state index in [1.54, 1.807) is 0 Å². The second-order valence-electron chi connectivity index (χ2n) is 4.66. The normalized spacial score (nSPS) is 10.3. The van der Waals surface area contributed by atoms with Crippen molar-refractivity contribution in [2.45, 2.75) is 13.0 Å². The molecule has 0 radical (unpaired) electrons. The van der Waals surface area contributed by atoms with Crippen molar-refractivity contribution in [2.75, 3.05) is 19.6 Å². The summed E-state index contributed by atoms with van der Waals surface area (Å²) in [7, 11) is 0. The molecule has 0 unspecified atom stereocenters. The molecule has 2 N–H and O–H groups in total. The van der Waals surface area contributed by atoms with Gasteiger partial charge in [-0.3, -0.25) is 9.88 Å². The summed E-state index contributed by atoms with van der Waals surface area (Å²) in [5, 5.41) is 0. The van der Waals surface area contributed by atoms with Crippen LogP contribution < -0.4 is 5.73 Å². The van der Waals surface area contributed by atoms with Gasteiger partial charge in [0.15, 0.2) is 0 Å². The van der Waals surface area contributed by atoms with Crippen LogP contribution in [0.5, 0.6) is 0 Å². The molecular formula is C16H22ClN3. The summed E-state index contributed by atoms with van der Waals surface area (Å²) in [6, 6.07) is 14.7. The van der Waals surface area contributed by atoms with Crippen LogP contribution in [0.1, 0.15) is 11.1 Å². The van der Waals surface area contributed by atoms with E-state index in [0.29, 0.717) is 6.54 Å². The van der Waals surface area contributed by atoms with E-state index >= 15 is 0 Å². The fourth-order valence-electron chi connectivity index (χ4n) is 2.13. The highest BCUT2D eigenvalue weighted by Gasteiger charge is 2.05. The molecule has 1 heterocycles. The molecule has 4 heteroatoms. The van der Waals surface area contributed by atoms with Crippen molar-refractivity contribution in [3.63, 3.8) is 0 Å². The summed E-state index contributed by atoms with van der Waals surface area (Å²) in [6.07, 6.45) is 4.74. The number of hydrogen-bond donors (Lipinski definition) is 1. The zero-order chi connectivity index (χ0) is 13.3. The third-order valence-electron chi connectivity index (χ3n) is 3.16. The Kier molecular flexibility index (Phi) is 7.88. The molecule has 3 nitrogen and oxygen atoms in total. The number of hydrogen-bond acceptors (Lipinski definition) is 3. The Morgan fingerprint density at radius 1 is 0.900 bits per heavy atom. The number of aromatic nitrogens is 1. The molecule has 0 spiro atoms. The van der Waals surface area contributed by atoms with Gasteiger partial charge in [0.2, 0.25) is 0 Å².